The Hall–Kier alpha value is -2.94. The number of aryl methyl sites for hydroxylation is 1. The van der Waals surface area contributed by atoms with Crippen LogP contribution in [0.3, 0.4) is 0 Å². The lowest BCUT2D eigenvalue weighted by atomic mass is 10.1. The molecule has 0 saturated carbocycles. The second kappa shape index (κ2) is 7.31. The van der Waals surface area contributed by atoms with Crippen molar-refractivity contribution in [1.29, 1.82) is 0 Å². The molecule has 2 aromatic rings. The molecular weight excluding hydrogens is 330 g/mol. The van der Waals surface area contributed by atoms with Gasteiger partial charge in [-0.05, 0) is 12.1 Å². The molecule has 1 atom stereocenters. The molecule has 9 heteroatoms. The Bertz CT molecular complexity index is 775. The predicted molar refractivity (Wildman–Crippen MR) is 83.1 cm³/mol. The molecule has 1 N–H and O–H groups in total. The fourth-order valence-electron chi connectivity index (χ4n) is 2.46. The third-order valence-corrected chi connectivity index (χ3v) is 3.67. The second-order valence-corrected chi connectivity index (χ2v) is 5.46. The zero-order chi connectivity index (χ0) is 17.8. The van der Waals surface area contributed by atoms with Crippen molar-refractivity contribution in [2.24, 2.45) is 0 Å². The van der Waals surface area contributed by atoms with Crippen LogP contribution < -0.4 is 4.74 Å². The number of nitrogens with zero attached hydrogens (tertiary/aromatic N) is 3. The number of aliphatic carboxylic acids is 1. The van der Waals surface area contributed by atoms with E-state index in [0.717, 1.165) is 0 Å². The number of hydrogen-bond donors (Lipinski definition) is 1. The summed E-state index contributed by atoms with van der Waals surface area (Å²) in [5.74, 6) is -0.231. The standard InChI is InChI=1S/C16H17N3O6/c1-10-17-14(18-25-10)9-24-12-5-3-2-4-11(12)15(20)19-6-7-23-13(8-19)16(21)22/h2-5,13H,6-9H2,1H3,(H,21,22)/t13-/m0/s1. The van der Waals surface area contributed by atoms with Gasteiger partial charge in [0.15, 0.2) is 12.7 Å². The van der Waals surface area contributed by atoms with E-state index in [1.807, 2.05) is 0 Å². The van der Waals surface area contributed by atoms with E-state index in [-0.39, 0.29) is 25.7 Å². The maximum atomic E-state index is 12.8. The van der Waals surface area contributed by atoms with E-state index in [0.29, 0.717) is 29.6 Å². The summed E-state index contributed by atoms with van der Waals surface area (Å²) in [6.07, 6.45) is -1.02. The molecule has 1 aromatic carbocycles. The molecule has 0 unspecified atom stereocenters. The lowest BCUT2D eigenvalue weighted by Gasteiger charge is -2.31. The Morgan fingerprint density at radius 1 is 1.40 bits per heavy atom. The first-order valence-corrected chi connectivity index (χ1v) is 7.69. The third-order valence-electron chi connectivity index (χ3n) is 3.67. The molecule has 3 rings (SSSR count). The zero-order valence-electron chi connectivity index (χ0n) is 13.5. The topological polar surface area (TPSA) is 115 Å². The van der Waals surface area contributed by atoms with Crippen LogP contribution in [0.25, 0.3) is 0 Å². The van der Waals surface area contributed by atoms with Crippen LogP contribution in [-0.2, 0) is 16.1 Å². The SMILES string of the molecule is Cc1nc(COc2ccccc2C(=O)N2CCO[C@H](C(=O)O)C2)no1. The Labute approximate surface area is 143 Å². The minimum atomic E-state index is -1.09. The van der Waals surface area contributed by atoms with Gasteiger partial charge in [0.2, 0.25) is 11.7 Å². The molecule has 0 radical (unpaired) electrons. The van der Waals surface area contributed by atoms with Crippen LogP contribution in [0.1, 0.15) is 22.1 Å². The number of rotatable bonds is 5. The van der Waals surface area contributed by atoms with Crippen molar-refractivity contribution in [3.05, 3.63) is 41.5 Å². The molecule has 1 saturated heterocycles. The number of carbonyl (C=O) groups is 2. The molecule has 1 amide bonds. The minimum absolute atomic E-state index is 0.00740. The van der Waals surface area contributed by atoms with E-state index < -0.39 is 12.1 Å². The Kier molecular flexibility index (Phi) is 4.94. The van der Waals surface area contributed by atoms with Gasteiger partial charge in [0.25, 0.3) is 5.91 Å². The van der Waals surface area contributed by atoms with Crippen LogP contribution in [0.4, 0.5) is 0 Å². The van der Waals surface area contributed by atoms with Crippen molar-refractivity contribution in [3.8, 4) is 5.75 Å². The number of ether oxygens (including phenoxy) is 2. The average molecular weight is 347 g/mol. The number of carboxylic acid groups (broad SMARTS) is 1. The molecule has 1 aromatic heterocycles. The quantitative estimate of drug-likeness (QED) is 0.848. The summed E-state index contributed by atoms with van der Waals surface area (Å²) in [5, 5.41) is 12.8. The number of amides is 1. The van der Waals surface area contributed by atoms with Crippen LogP contribution in [0.2, 0.25) is 0 Å². The molecule has 2 heterocycles. The lowest BCUT2D eigenvalue weighted by molar-refractivity contribution is -0.154. The molecule has 25 heavy (non-hydrogen) atoms. The third kappa shape index (κ3) is 3.94. The van der Waals surface area contributed by atoms with Gasteiger partial charge < -0.3 is 24.0 Å². The van der Waals surface area contributed by atoms with Gasteiger partial charge in [0.05, 0.1) is 18.7 Å². The molecule has 9 nitrogen and oxygen atoms in total. The van der Waals surface area contributed by atoms with Gasteiger partial charge in [-0.2, -0.15) is 4.98 Å². The number of benzene rings is 1. The minimum Gasteiger partial charge on any atom is -0.485 e. The van der Waals surface area contributed by atoms with Gasteiger partial charge in [-0.15, -0.1) is 0 Å². The summed E-state index contributed by atoms with van der Waals surface area (Å²) in [6, 6.07) is 6.75. The number of aromatic nitrogens is 2. The first-order chi connectivity index (χ1) is 12.0. The lowest BCUT2D eigenvalue weighted by Crippen LogP contribution is -2.48. The smallest absolute Gasteiger partial charge is 0.334 e. The molecule has 132 valence electrons. The number of hydrogen-bond acceptors (Lipinski definition) is 7. The normalized spacial score (nSPS) is 17.3. The summed E-state index contributed by atoms with van der Waals surface area (Å²) in [5.41, 5.74) is 0.341. The second-order valence-electron chi connectivity index (χ2n) is 5.46. The van der Waals surface area contributed by atoms with Gasteiger partial charge in [0.1, 0.15) is 5.75 Å². The fraction of sp³-hybridized carbons (Fsp3) is 0.375. The Morgan fingerprint density at radius 2 is 2.20 bits per heavy atom. The van der Waals surface area contributed by atoms with Crippen molar-refractivity contribution in [1.82, 2.24) is 15.0 Å². The number of morpholine rings is 1. The van der Waals surface area contributed by atoms with E-state index in [1.54, 1.807) is 31.2 Å². The van der Waals surface area contributed by atoms with E-state index in [1.165, 1.54) is 4.90 Å². The Morgan fingerprint density at radius 3 is 2.92 bits per heavy atom. The Balaban J connectivity index is 1.73. The van der Waals surface area contributed by atoms with Crippen molar-refractivity contribution >= 4 is 11.9 Å². The highest BCUT2D eigenvalue weighted by Gasteiger charge is 2.30. The van der Waals surface area contributed by atoms with Crippen LogP contribution in [0, 0.1) is 6.92 Å². The van der Waals surface area contributed by atoms with Gasteiger partial charge in [-0.1, -0.05) is 17.3 Å². The van der Waals surface area contributed by atoms with Crippen LogP contribution in [0.5, 0.6) is 5.75 Å². The van der Waals surface area contributed by atoms with Crippen LogP contribution in [-0.4, -0.2) is 57.8 Å². The highest BCUT2D eigenvalue weighted by atomic mass is 16.5. The van der Waals surface area contributed by atoms with Crippen molar-refractivity contribution in [2.45, 2.75) is 19.6 Å². The maximum Gasteiger partial charge on any atom is 0.334 e. The van der Waals surface area contributed by atoms with Gasteiger partial charge >= 0.3 is 5.97 Å². The molecule has 1 aliphatic rings. The van der Waals surface area contributed by atoms with E-state index >= 15 is 0 Å². The number of carboxylic acids is 1. The maximum absolute atomic E-state index is 12.8. The highest BCUT2D eigenvalue weighted by molar-refractivity contribution is 5.97. The molecule has 0 aliphatic carbocycles. The molecular formula is C16H17N3O6. The number of para-hydroxylation sites is 1. The summed E-state index contributed by atoms with van der Waals surface area (Å²) in [6.45, 7) is 2.22. The van der Waals surface area contributed by atoms with Crippen molar-refractivity contribution in [2.75, 3.05) is 19.7 Å². The first-order valence-electron chi connectivity index (χ1n) is 7.69. The van der Waals surface area contributed by atoms with E-state index in [2.05, 4.69) is 10.1 Å². The molecule has 1 aliphatic heterocycles. The largest absolute Gasteiger partial charge is 0.485 e. The van der Waals surface area contributed by atoms with Crippen LogP contribution in [0.15, 0.2) is 28.8 Å². The number of carbonyl (C=O) groups excluding carboxylic acids is 1. The fourth-order valence-corrected chi connectivity index (χ4v) is 2.46. The highest BCUT2D eigenvalue weighted by Crippen LogP contribution is 2.22. The van der Waals surface area contributed by atoms with Gasteiger partial charge in [-0.3, -0.25) is 4.79 Å². The van der Waals surface area contributed by atoms with Crippen molar-refractivity contribution in [3.63, 3.8) is 0 Å². The van der Waals surface area contributed by atoms with E-state index in [9.17, 15) is 9.59 Å². The summed E-state index contributed by atoms with van der Waals surface area (Å²) in [7, 11) is 0. The molecule has 0 spiro atoms. The monoisotopic (exact) mass is 347 g/mol. The first kappa shape index (κ1) is 16.9. The van der Waals surface area contributed by atoms with Gasteiger partial charge in [0, 0.05) is 13.5 Å². The van der Waals surface area contributed by atoms with E-state index in [4.69, 9.17) is 19.1 Å². The summed E-state index contributed by atoms with van der Waals surface area (Å²) < 4.78 is 15.7. The van der Waals surface area contributed by atoms with Gasteiger partial charge in [-0.25, -0.2) is 4.79 Å². The summed E-state index contributed by atoms with van der Waals surface area (Å²) in [4.78, 5) is 29.3. The predicted octanol–water partition coefficient (Wildman–Crippen LogP) is 0.883. The van der Waals surface area contributed by atoms with Crippen molar-refractivity contribution < 1.29 is 28.7 Å². The zero-order valence-corrected chi connectivity index (χ0v) is 13.5. The molecule has 0 bridgehead atoms. The average Bonchev–Trinajstić information content (AvgIpc) is 3.05. The van der Waals surface area contributed by atoms with Crippen LogP contribution >= 0.6 is 0 Å². The summed E-state index contributed by atoms with van der Waals surface area (Å²) >= 11 is 0. The molecule has 1 fully saturated rings.